The Kier molecular flexibility index (Phi) is 7.91. The lowest BCUT2D eigenvalue weighted by molar-refractivity contribution is 0.669. The van der Waals surface area contributed by atoms with Gasteiger partial charge in [0.05, 0.1) is 5.69 Å². The van der Waals surface area contributed by atoms with Gasteiger partial charge in [-0.05, 0) is 115 Å². The number of anilines is 3. The second-order valence-corrected chi connectivity index (χ2v) is 16.4. The lowest BCUT2D eigenvalue weighted by atomic mass is 9.96. The Balaban J connectivity index is 0.955. The summed E-state index contributed by atoms with van der Waals surface area (Å²) < 4.78 is 13.1. The maximum absolute atomic E-state index is 7.02. The van der Waals surface area contributed by atoms with Crippen LogP contribution in [0.2, 0.25) is 0 Å². The van der Waals surface area contributed by atoms with Crippen molar-refractivity contribution >= 4 is 93.3 Å². The Hall–Kier alpha value is -8.40. The lowest BCUT2D eigenvalue weighted by Crippen LogP contribution is -2.10. The summed E-state index contributed by atoms with van der Waals surface area (Å²) in [6.45, 7) is 0. The first-order chi connectivity index (χ1) is 31.2. The van der Waals surface area contributed by atoms with Crippen LogP contribution in [0.5, 0.6) is 0 Å². The molecule has 0 fully saturated rings. The molecule has 3 heteroatoms. The third kappa shape index (κ3) is 5.75. The molecule has 3 nitrogen and oxygen atoms in total. The van der Waals surface area contributed by atoms with Crippen LogP contribution in [0.15, 0.2) is 233 Å². The van der Waals surface area contributed by atoms with Crippen molar-refractivity contribution < 1.29 is 8.83 Å². The molecule has 294 valence electrons. The topological polar surface area (TPSA) is 29.5 Å². The molecular formula is C60H37NO2. The first kappa shape index (κ1) is 35.4. The Bertz CT molecular complexity index is 3910. The van der Waals surface area contributed by atoms with Crippen LogP contribution in [0.3, 0.4) is 0 Å². The molecule has 63 heavy (non-hydrogen) atoms. The molecule has 2 heterocycles. The van der Waals surface area contributed by atoms with Crippen LogP contribution in [-0.2, 0) is 0 Å². The van der Waals surface area contributed by atoms with E-state index in [2.05, 4.69) is 217 Å². The number of hydrogen-bond acceptors (Lipinski definition) is 3. The van der Waals surface area contributed by atoms with E-state index in [1.807, 2.05) is 12.1 Å². The van der Waals surface area contributed by atoms with Crippen molar-refractivity contribution in [1.29, 1.82) is 0 Å². The van der Waals surface area contributed by atoms with E-state index in [0.717, 1.165) is 72.1 Å². The Morgan fingerprint density at radius 3 is 1.73 bits per heavy atom. The second-order valence-electron chi connectivity index (χ2n) is 16.4. The smallest absolute Gasteiger partial charge is 0.159 e. The molecule has 0 spiro atoms. The molecule has 0 aliphatic carbocycles. The number of furan rings is 2. The average Bonchev–Trinajstić information content (AvgIpc) is 3.93. The van der Waals surface area contributed by atoms with Crippen molar-refractivity contribution in [2.75, 3.05) is 4.90 Å². The Morgan fingerprint density at radius 2 is 0.857 bits per heavy atom. The summed E-state index contributed by atoms with van der Waals surface area (Å²) in [5, 5.41) is 11.7. The van der Waals surface area contributed by atoms with E-state index in [1.54, 1.807) is 0 Å². The molecule has 0 saturated heterocycles. The van der Waals surface area contributed by atoms with Gasteiger partial charge in [-0.25, -0.2) is 0 Å². The normalized spacial score (nSPS) is 11.8. The standard InChI is InChI=1S/C60H37NO2/c1-2-11-39(12-3-1)51-18-9-19-53-54-20-10-21-56(60(54)63-59(51)53)61(45-29-25-40(26-30-45)48-17-8-14-38-13-4-5-15-47(38)48)46-31-33-50-44(36-46)24-23-43-35-41(27-32-49(43)50)42-28-34-58-55(37-42)52-16-6-7-22-57(52)62-58/h1-37H. The van der Waals surface area contributed by atoms with Gasteiger partial charge in [-0.1, -0.05) is 170 Å². The summed E-state index contributed by atoms with van der Waals surface area (Å²) in [5.41, 5.74) is 13.6. The Labute approximate surface area is 363 Å². The molecule has 0 bridgehead atoms. The molecule has 0 saturated carbocycles. The van der Waals surface area contributed by atoms with Crippen LogP contribution in [0, 0.1) is 0 Å². The summed E-state index contributed by atoms with van der Waals surface area (Å²) in [4.78, 5) is 2.35. The number of benzene rings is 11. The molecule has 0 aliphatic heterocycles. The zero-order valence-electron chi connectivity index (χ0n) is 34.1. The van der Waals surface area contributed by atoms with Crippen LogP contribution in [0.25, 0.3) is 110 Å². The van der Waals surface area contributed by atoms with Gasteiger partial charge in [0.1, 0.15) is 16.7 Å². The predicted octanol–water partition coefficient (Wildman–Crippen LogP) is 17.4. The van der Waals surface area contributed by atoms with E-state index in [0.29, 0.717) is 0 Å². The molecule has 2 aromatic heterocycles. The summed E-state index contributed by atoms with van der Waals surface area (Å²) in [6, 6.07) is 80.5. The van der Waals surface area contributed by atoms with E-state index in [9.17, 15) is 0 Å². The van der Waals surface area contributed by atoms with Gasteiger partial charge in [-0.15, -0.1) is 0 Å². The molecule has 0 amide bonds. The molecular weight excluding hydrogens is 767 g/mol. The van der Waals surface area contributed by atoms with Crippen LogP contribution in [0.4, 0.5) is 17.1 Å². The monoisotopic (exact) mass is 803 g/mol. The molecule has 0 atom stereocenters. The van der Waals surface area contributed by atoms with Gasteiger partial charge in [0, 0.05) is 38.5 Å². The minimum atomic E-state index is 0.849. The summed E-state index contributed by atoms with van der Waals surface area (Å²) >= 11 is 0. The minimum absolute atomic E-state index is 0.849. The van der Waals surface area contributed by atoms with E-state index in [-0.39, 0.29) is 0 Å². The summed E-state index contributed by atoms with van der Waals surface area (Å²) in [5.74, 6) is 0. The molecule has 0 unspecified atom stereocenters. The van der Waals surface area contributed by atoms with Gasteiger partial charge in [0.2, 0.25) is 0 Å². The summed E-state index contributed by atoms with van der Waals surface area (Å²) in [7, 11) is 0. The first-order valence-corrected chi connectivity index (χ1v) is 21.5. The van der Waals surface area contributed by atoms with Crippen LogP contribution < -0.4 is 4.90 Å². The lowest BCUT2D eigenvalue weighted by Gasteiger charge is -2.26. The SMILES string of the molecule is c1ccc(-c2cccc3c2oc2c(N(c4ccc(-c5cccc6ccccc56)cc4)c4ccc5c(ccc6cc(-c7ccc8oc9ccccc9c8c7)ccc65)c4)cccc23)cc1. The minimum Gasteiger partial charge on any atom is -0.456 e. The van der Waals surface area contributed by atoms with Gasteiger partial charge in [-0.3, -0.25) is 0 Å². The maximum Gasteiger partial charge on any atom is 0.159 e. The predicted molar refractivity (Wildman–Crippen MR) is 265 cm³/mol. The number of rotatable bonds is 6. The fraction of sp³-hybridized carbons (Fsp3) is 0. The number of hydrogen-bond donors (Lipinski definition) is 0. The molecule has 13 rings (SSSR count). The highest BCUT2D eigenvalue weighted by atomic mass is 16.3. The highest BCUT2D eigenvalue weighted by molar-refractivity contribution is 6.15. The third-order valence-corrected chi connectivity index (χ3v) is 12.8. The van der Waals surface area contributed by atoms with Gasteiger partial charge in [0.15, 0.2) is 5.58 Å². The van der Waals surface area contributed by atoms with Crippen LogP contribution in [0.1, 0.15) is 0 Å². The highest BCUT2D eigenvalue weighted by Crippen LogP contribution is 2.46. The van der Waals surface area contributed by atoms with Crippen molar-refractivity contribution in [2.24, 2.45) is 0 Å². The highest BCUT2D eigenvalue weighted by Gasteiger charge is 2.22. The van der Waals surface area contributed by atoms with Gasteiger partial charge in [0.25, 0.3) is 0 Å². The van der Waals surface area contributed by atoms with Crippen LogP contribution in [-0.4, -0.2) is 0 Å². The summed E-state index contributed by atoms with van der Waals surface area (Å²) in [6.07, 6.45) is 0. The maximum atomic E-state index is 7.02. The Morgan fingerprint density at radius 1 is 0.270 bits per heavy atom. The fourth-order valence-corrected chi connectivity index (χ4v) is 9.80. The molecule has 0 N–H and O–H groups in total. The second kappa shape index (κ2) is 14.1. The van der Waals surface area contributed by atoms with Crippen molar-refractivity contribution in [1.82, 2.24) is 0 Å². The van der Waals surface area contributed by atoms with Gasteiger partial charge < -0.3 is 13.7 Å². The van der Waals surface area contributed by atoms with E-state index >= 15 is 0 Å². The molecule has 0 radical (unpaired) electrons. The molecule has 13 aromatic rings. The molecule has 11 aromatic carbocycles. The zero-order valence-corrected chi connectivity index (χ0v) is 34.1. The number of nitrogens with zero attached hydrogens (tertiary/aromatic N) is 1. The van der Waals surface area contributed by atoms with Gasteiger partial charge in [-0.2, -0.15) is 0 Å². The fourth-order valence-electron chi connectivity index (χ4n) is 9.80. The largest absolute Gasteiger partial charge is 0.456 e. The van der Waals surface area contributed by atoms with E-state index < -0.39 is 0 Å². The van der Waals surface area contributed by atoms with Crippen molar-refractivity contribution in [3.8, 4) is 33.4 Å². The number of para-hydroxylation sites is 3. The first-order valence-electron chi connectivity index (χ1n) is 21.5. The average molecular weight is 804 g/mol. The van der Waals surface area contributed by atoms with Crippen LogP contribution >= 0.6 is 0 Å². The van der Waals surface area contributed by atoms with Crippen molar-refractivity contribution in [2.45, 2.75) is 0 Å². The van der Waals surface area contributed by atoms with Crippen molar-refractivity contribution in [3.05, 3.63) is 224 Å². The van der Waals surface area contributed by atoms with Gasteiger partial charge >= 0.3 is 0 Å². The third-order valence-electron chi connectivity index (χ3n) is 12.8. The van der Waals surface area contributed by atoms with E-state index in [4.69, 9.17) is 8.83 Å². The number of fused-ring (bicyclic) bond motifs is 10. The quantitative estimate of drug-likeness (QED) is 0.157. The zero-order chi connectivity index (χ0) is 41.4. The molecule has 0 aliphatic rings. The van der Waals surface area contributed by atoms with E-state index in [1.165, 1.54) is 54.6 Å². The van der Waals surface area contributed by atoms with Crippen molar-refractivity contribution in [3.63, 3.8) is 0 Å².